The van der Waals surface area contributed by atoms with Crippen molar-refractivity contribution in [3.8, 4) is 0 Å². The molecule has 0 amide bonds. The van der Waals surface area contributed by atoms with Crippen LogP contribution in [0, 0.1) is 0 Å². The fourth-order valence-electron chi connectivity index (χ4n) is 0.605. The average Bonchev–Trinajstić information content (AvgIpc) is 1.94. The van der Waals surface area contributed by atoms with Crippen molar-refractivity contribution in [2.24, 2.45) is 0 Å². The SMILES string of the molecule is O=S([O-])c1cc(Br)ccc1Br. The molecule has 11 heavy (non-hydrogen) atoms. The van der Waals surface area contributed by atoms with E-state index in [1.165, 1.54) is 6.07 Å². The summed E-state index contributed by atoms with van der Waals surface area (Å²) < 4.78 is 22.4. The maximum absolute atomic E-state index is 10.5. The average molecular weight is 299 g/mol. The van der Waals surface area contributed by atoms with Crippen LogP contribution in [0.5, 0.6) is 0 Å². The van der Waals surface area contributed by atoms with Crippen molar-refractivity contribution in [1.82, 2.24) is 0 Å². The summed E-state index contributed by atoms with van der Waals surface area (Å²) in [6.45, 7) is 0. The van der Waals surface area contributed by atoms with E-state index in [1.807, 2.05) is 0 Å². The summed E-state index contributed by atoms with van der Waals surface area (Å²) in [5.41, 5.74) is 0. The highest BCUT2D eigenvalue weighted by Crippen LogP contribution is 2.23. The minimum atomic E-state index is -2.18. The molecule has 0 aliphatic rings. The van der Waals surface area contributed by atoms with Gasteiger partial charge in [0, 0.05) is 13.8 Å². The fourth-order valence-corrected chi connectivity index (χ4v) is 2.21. The van der Waals surface area contributed by atoms with Crippen LogP contribution in [0.1, 0.15) is 0 Å². The summed E-state index contributed by atoms with van der Waals surface area (Å²) >= 11 is 4.11. The number of halogens is 2. The minimum absolute atomic E-state index is 0.263. The third kappa shape index (κ3) is 2.37. The zero-order chi connectivity index (χ0) is 8.43. The Bertz CT molecular complexity index is 301. The standard InChI is InChI=1S/C6H4Br2O2S/c7-4-1-2-5(8)6(3-4)11(9)10/h1-3H,(H,9,10)/p-1. The molecule has 1 unspecified atom stereocenters. The van der Waals surface area contributed by atoms with Gasteiger partial charge in [0.25, 0.3) is 0 Å². The van der Waals surface area contributed by atoms with Gasteiger partial charge in [0.1, 0.15) is 0 Å². The summed E-state index contributed by atoms with van der Waals surface area (Å²) in [6, 6.07) is 4.98. The van der Waals surface area contributed by atoms with Crippen molar-refractivity contribution >= 4 is 42.9 Å². The second kappa shape index (κ2) is 3.80. The van der Waals surface area contributed by atoms with E-state index in [0.717, 1.165) is 4.47 Å². The molecule has 1 rings (SSSR count). The fraction of sp³-hybridized carbons (Fsp3) is 0. The van der Waals surface area contributed by atoms with Gasteiger partial charge in [0.15, 0.2) is 0 Å². The van der Waals surface area contributed by atoms with E-state index in [-0.39, 0.29) is 4.90 Å². The van der Waals surface area contributed by atoms with Gasteiger partial charge in [-0.25, -0.2) is 0 Å². The van der Waals surface area contributed by atoms with Gasteiger partial charge >= 0.3 is 0 Å². The van der Waals surface area contributed by atoms with Crippen molar-refractivity contribution in [1.29, 1.82) is 0 Å². The zero-order valence-electron chi connectivity index (χ0n) is 5.21. The predicted molar refractivity (Wildman–Crippen MR) is 49.0 cm³/mol. The lowest BCUT2D eigenvalue weighted by Gasteiger charge is -2.07. The second-order valence-electron chi connectivity index (χ2n) is 1.81. The highest BCUT2D eigenvalue weighted by Gasteiger charge is 1.99. The lowest BCUT2D eigenvalue weighted by atomic mass is 10.4. The molecule has 1 aromatic rings. The van der Waals surface area contributed by atoms with E-state index in [4.69, 9.17) is 0 Å². The van der Waals surface area contributed by atoms with Crippen LogP contribution in [0.4, 0.5) is 0 Å². The van der Waals surface area contributed by atoms with Crippen LogP contribution in [0.25, 0.3) is 0 Å². The Kier molecular flexibility index (Phi) is 3.24. The van der Waals surface area contributed by atoms with Gasteiger partial charge in [0.2, 0.25) is 0 Å². The predicted octanol–water partition coefficient (Wildman–Crippen LogP) is 2.45. The Balaban J connectivity index is 3.23. The van der Waals surface area contributed by atoms with Crippen LogP contribution < -0.4 is 0 Å². The van der Waals surface area contributed by atoms with Gasteiger partial charge in [-0.05, 0) is 45.2 Å². The van der Waals surface area contributed by atoms with E-state index < -0.39 is 11.1 Å². The Morgan fingerprint density at radius 3 is 2.45 bits per heavy atom. The van der Waals surface area contributed by atoms with E-state index in [0.29, 0.717) is 4.47 Å². The Morgan fingerprint density at radius 2 is 2.00 bits per heavy atom. The highest BCUT2D eigenvalue weighted by molar-refractivity contribution is 9.11. The van der Waals surface area contributed by atoms with Gasteiger partial charge in [-0.2, -0.15) is 0 Å². The third-order valence-electron chi connectivity index (χ3n) is 1.07. The summed E-state index contributed by atoms with van der Waals surface area (Å²) in [7, 11) is 0. The molecule has 0 saturated heterocycles. The van der Waals surface area contributed by atoms with Crippen molar-refractivity contribution in [3.05, 3.63) is 27.1 Å². The molecule has 1 aromatic carbocycles. The quantitative estimate of drug-likeness (QED) is 0.747. The Labute approximate surface area is 83.5 Å². The second-order valence-corrected chi connectivity index (χ2v) is 4.49. The summed E-state index contributed by atoms with van der Waals surface area (Å²) in [4.78, 5) is 0.263. The lowest BCUT2D eigenvalue weighted by molar-refractivity contribution is 0.536. The van der Waals surface area contributed by atoms with E-state index in [9.17, 15) is 8.76 Å². The molecule has 5 heteroatoms. The molecule has 0 saturated carbocycles. The highest BCUT2D eigenvalue weighted by atomic mass is 79.9. The van der Waals surface area contributed by atoms with Gasteiger partial charge < -0.3 is 4.55 Å². The Hall–Kier alpha value is 0.290. The summed E-state index contributed by atoms with van der Waals surface area (Å²) in [5.74, 6) is 0. The molecule has 0 aliphatic carbocycles. The summed E-state index contributed by atoms with van der Waals surface area (Å²) in [5, 5.41) is 0. The molecule has 0 radical (unpaired) electrons. The maximum atomic E-state index is 10.5. The monoisotopic (exact) mass is 297 g/mol. The smallest absolute Gasteiger partial charge is 0.0402 e. The van der Waals surface area contributed by atoms with E-state index in [1.54, 1.807) is 12.1 Å². The van der Waals surface area contributed by atoms with Crippen LogP contribution >= 0.6 is 31.9 Å². The minimum Gasteiger partial charge on any atom is -0.768 e. The molecule has 2 nitrogen and oxygen atoms in total. The van der Waals surface area contributed by atoms with Gasteiger partial charge in [-0.3, -0.25) is 4.21 Å². The van der Waals surface area contributed by atoms with Gasteiger partial charge in [0.05, 0.1) is 0 Å². The molecule has 0 fully saturated rings. The third-order valence-corrected chi connectivity index (χ3v) is 3.22. The molecule has 0 N–H and O–H groups in total. The first-order valence-corrected chi connectivity index (χ1v) is 5.31. The zero-order valence-corrected chi connectivity index (χ0v) is 9.20. The van der Waals surface area contributed by atoms with Crippen molar-refractivity contribution < 1.29 is 8.76 Å². The molecular weight excluding hydrogens is 296 g/mol. The molecule has 0 heterocycles. The maximum Gasteiger partial charge on any atom is 0.0402 e. The first kappa shape index (κ1) is 9.38. The number of hydrogen-bond acceptors (Lipinski definition) is 2. The lowest BCUT2D eigenvalue weighted by Crippen LogP contribution is -1.89. The largest absolute Gasteiger partial charge is 0.768 e. The van der Waals surface area contributed by atoms with Crippen LogP contribution in [-0.2, 0) is 11.1 Å². The van der Waals surface area contributed by atoms with Crippen molar-refractivity contribution in [2.75, 3.05) is 0 Å². The number of hydrogen-bond donors (Lipinski definition) is 0. The Morgan fingerprint density at radius 1 is 1.36 bits per heavy atom. The number of rotatable bonds is 1. The number of benzene rings is 1. The van der Waals surface area contributed by atoms with Crippen molar-refractivity contribution in [2.45, 2.75) is 4.90 Å². The van der Waals surface area contributed by atoms with E-state index >= 15 is 0 Å². The molecule has 0 aromatic heterocycles. The van der Waals surface area contributed by atoms with Gasteiger partial charge in [-0.1, -0.05) is 15.9 Å². The first-order chi connectivity index (χ1) is 5.11. The molecule has 0 spiro atoms. The molecular formula is C6H3Br2O2S-. The van der Waals surface area contributed by atoms with Crippen LogP contribution in [0.3, 0.4) is 0 Å². The van der Waals surface area contributed by atoms with Crippen LogP contribution in [-0.4, -0.2) is 8.76 Å². The first-order valence-electron chi connectivity index (χ1n) is 2.65. The topological polar surface area (TPSA) is 40.1 Å². The molecule has 0 aliphatic heterocycles. The molecule has 60 valence electrons. The molecule has 1 atom stereocenters. The normalized spacial score (nSPS) is 13.0. The van der Waals surface area contributed by atoms with E-state index in [2.05, 4.69) is 31.9 Å². The van der Waals surface area contributed by atoms with Crippen LogP contribution in [0.15, 0.2) is 32.0 Å². The molecule has 0 bridgehead atoms. The van der Waals surface area contributed by atoms with Gasteiger partial charge in [-0.15, -0.1) is 0 Å². The summed E-state index contributed by atoms with van der Waals surface area (Å²) in [6.07, 6.45) is 0. The van der Waals surface area contributed by atoms with Crippen molar-refractivity contribution in [3.63, 3.8) is 0 Å². The van der Waals surface area contributed by atoms with Crippen LogP contribution in [0.2, 0.25) is 0 Å².